The summed E-state index contributed by atoms with van der Waals surface area (Å²) in [5, 5.41) is 0. The Balaban J connectivity index is 2.31. The van der Waals surface area contributed by atoms with E-state index in [9.17, 15) is 0 Å². The van der Waals surface area contributed by atoms with Gasteiger partial charge in [-0.1, -0.05) is 6.07 Å². The van der Waals surface area contributed by atoms with Crippen LogP contribution in [0.1, 0.15) is 6.42 Å². The van der Waals surface area contributed by atoms with Crippen LogP contribution >= 0.6 is 0 Å². The fourth-order valence-corrected chi connectivity index (χ4v) is 1.21. The van der Waals surface area contributed by atoms with Crippen LogP contribution in [0.25, 0.3) is 0 Å². The van der Waals surface area contributed by atoms with Gasteiger partial charge in [0.05, 0.1) is 6.61 Å². The summed E-state index contributed by atoms with van der Waals surface area (Å²) in [6, 6.07) is 7.33. The molecule has 0 aromatic heterocycles. The van der Waals surface area contributed by atoms with E-state index in [1.807, 2.05) is 18.2 Å². The van der Waals surface area contributed by atoms with E-state index >= 15 is 0 Å². The van der Waals surface area contributed by atoms with Gasteiger partial charge in [0.2, 0.25) is 0 Å². The van der Waals surface area contributed by atoms with E-state index in [1.165, 1.54) is 0 Å². The fourth-order valence-electron chi connectivity index (χ4n) is 1.21. The molecular weight excluding hydrogens is 194 g/mol. The summed E-state index contributed by atoms with van der Waals surface area (Å²) < 4.78 is 15.5. The van der Waals surface area contributed by atoms with E-state index in [2.05, 4.69) is 0 Å². The van der Waals surface area contributed by atoms with Crippen LogP contribution in [0.15, 0.2) is 24.3 Å². The molecule has 0 unspecified atom stereocenters. The van der Waals surface area contributed by atoms with Gasteiger partial charge in [-0.15, -0.1) is 0 Å². The first-order valence-electron chi connectivity index (χ1n) is 4.80. The monoisotopic (exact) mass is 211 g/mol. The van der Waals surface area contributed by atoms with E-state index in [4.69, 9.17) is 19.9 Å². The van der Waals surface area contributed by atoms with Crippen LogP contribution < -0.4 is 10.5 Å². The van der Waals surface area contributed by atoms with Crippen LogP contribution in [0.2, 0.25) is 0 Å². The fraction of sp³-hybridized carbons (Fsp3) is 0.455. The summed E-state index contributed by atoms with van der Waals surface area (Å²) in [5.74, 6) is 0.765. The summed E-state index contributed by atoms with van der Waals surface area (Å²) in [6.45, 7) is 0.538. The molecule has 0 radical (unpaired) electrons. The lowest BCUT2D eigenvalue weighted by atomic mass is 10.3. The molecule has 1 aromatic rings. The minimum Gasteiger partial charge on any atom is -0.493 e. The molecule has 0 heterocycles. The summed E-state index contributed by atoms with van der Waals surface area (Å²) in [4.78, 5) is 0. The van der Waals surface area contributed by atoms with E-state index in [1.54, 1.807) is 20.3 Å². The van der Waals surface area contributed by atoms with Crippen molar-refractivity contribution in [3.8, 4) is 5.75 Å². The minimum absolute atomic E-state index is 0.217. The van der Waals surface area contributed by atoms with E-state index in [-0.39, 0.29) is 6.29 Å². The largest absolute Gasteiger partial charge is 0.493 e. The molecule has 0 fully saturated rings. The Hall–Kier alpha value is -1.26. The molecule has 1 rings (SSSR count). The number of nitrogen functional groups attached to an aromatic ring is 1. The van der Waals surface area contributed by atoms with Gasteiger partial charge in [0.1, 0.15) is 5.75 Å². The van der Waals surface area contributed by atoms with Gasteiger partial charge in [0, 0.05) is 32.4 Å². The highest BCUT2D eigenvalue weighted by Gasteiger charge is 2.04. The Labute approximate surface area is 89.9 Å². The highest BCUT2D eigenvalue weighted by Crippen LogP contribution is 2.14. The third-order valence-electron chi connectivity index (χ3n) is 2.01. The summed E-state index contributed by atoms with van der Waals surface area (Å²) in [7, 11) is 3.21. The molecule has 0 atom stereocenters. The molecule has 0 spiro atoms. The van der Waals surface area contributed by atoms with E-state index in [0.717, 1.165) is 5.75 Å². The van der Waals surface area contributed by atoms with Crippen molar-refractivity contribution in [2.45, 2.75) is 12.7 Å². The first kappa shape index (κ1) is 11.8. The number of rotatable bonds is 6. The van der Waals surface area contributed by atoms with Crippen LogP contribution in [-0.2, 0) is 9.47 Å². The smallest absolute Gasteiger partial charge is 0.160 e. The molecule has 0 saturated heterocycles. The van der Waals surface area contributed by atoms with Crippen molar-refractivity contribution in [1.82, 2.24) is 0 Å². The predicted molar refractivity (Wildman–Crippen MR) is 58.8 cm³/mol. The minimum atomic E-state index is -0.217. The number of hydrogen-bond donors (Lipinski definition) is 1. The van der Waals surface area contributed by atoms with Crippen molar-refractivity contribution in [1.29, 1.82) is 0 Å². The Bertz CT molecular complexity index is 287. The second kappa shape index (κ2) is 6.27. The lowest BCUT2D eigenvalue weighted by Crippen LogP contribution is -2.16. The average molecular weight is 211 g/mol. The van der Waals surface area contributed by atoms with Crippen molar-refractivity contribution < 1.29 is 14.2 Å². The summed E-state index contributed by atoms with van der Waals surface area (Å²) >= 11 is 0. The Morgan fingerprint density at radius 3 is 2.60 bits per heavy atom. The van der Waals surface area contributed by atoms with Gasteiger partial charge in [-0.25, -0.2) is 0 Å². The zero-order chi connectivity index (χ0) is 11.1. The topological polar surface area (TPSA) is 53.7 Å². The quantitative estimate of drug-likeness (QED) is 0.574. The van der Waals surface area contributed by atoms with Crippen molar-refractivity contribution >= 4 is 5.69 Å². The van der Waals surface area contributed by atoms with Gasteiger partial charge >= 0.3 is 0 Å². The van der Waals surface area contributed by atoms with Gasteiger partial charge in [-0.2, -0.15) is 0 Å². The summed E-state index contributed by atoms with van der Waals surface area (Å²) in [5.41, 5.74) is 6.31. The lowest BCUT2D eigenvalue weighted by molar-refractivity contribution is -0.110. The van der Waals surface area contributed by atoms with Crippen molar-refractivity contribution in [3.05, 3.63) is 24.3 Å². The van der Waals surface area contributed by atoms with Crippen LogP contribution in [0.4, 0.5) is 5.69 Å². The van der Waals surface area contributed by atoms with Crippen molar-refractivity contribution in [2.24, 2.45) is 0 Å². The Morgan fingerprint density at radius 2 is 2.00 bits per heavy atom. The Morgan fingerprint density at radius 1 is 1.27 bits per heavy atom. The van der Waals surface area contributed by atoms with Crippen molar-refractivity contribution in [2.75, 3.05) is 26.6 Å². The number of methoxy groups -OCH3 is 2. The molecule has 0 saturated carbocycles. The molecular formula is C11H17NO3. The lowest BCUT2D eigenvalue weighted by Gasteiger charge is -2.13. The highest BCUT2D eigenvalue weighted by atomic mass is 16.7. The van der Waals surface area contributed by atoms with Gasteiger partial charge < -0.3 is 19.9 Å². The molecule has 84 valence electrons. The molecule has 0 amide bonds. The molecule has 15 heavy (non-hydrogen) atoms. The molecule has 4 nitrogen and oxygen atoms in total. The number of benzene rings is 1. The Kier molecular flexibility index (Phi) is 4.93. The zero-order valence-corrected chi connectivity index (χ0v) is 9.10. The maximum atomic E-state index is 5.61. The van der Waals surface area contributed by atoms with Crippen LogP contribution in [-0.4, -0.2) is 27.1 Å². The second-order valence-electron chi connectivity index (χ2n) is 3.11. The molecule has 1 aromatic carbocycles. The standard InChI is InChI=1S/C11H17NO3/c1-13-11(14-2)6-7-15-10-5-3-4-9(12)8-10/h3-5,8,11H,6-7,12H2,1-2H3. The maximum Gasteiger partial charge on any atom is 0.160 e. The van der Waals surface area contributed by atoms with Crippen LogP contribution in [0, 0.1) is 0 Å². The normalized spacial score (nSPS) is 10.6. The summed E-state index contributed by atoms with van der Waals surface area (Å²) in [6.07, 6.45) is 0.466. The van der Waals surface area contributed by atoms with Gasteiger partial charge in [-0.05, 0) is 12.1 Å². The second-order valence-corrected chi connectivity index (χ2v) is 3.11. The first-order chi connectivity index (χ1) is 7.26. The van der Waals surface area contributed by atoms with Crippen molar-refractivity contribution in [3.63, 3.8) is 0 Å². The number of ether oxygens (including phenoxy) is 3. The molecule has 0 aliphatic carbocycles. The SMILES string of the molecule is COC(CCOc1cccc(N)c1)OC. The van der Waals surface area contributed by atoms with Gasteiger partial charge in [0.25, 0.3) is 0 Å². The third kappa shape index (κ3) is 4.18. The van der Waals surface area contributed by atoms with E-state index < -0.39 is 0 Å². The average Bonchev–Trinajstić information content (AvgIpc) is 2.25. The number of anilines is 1. The predicted octanol–water partition coefficient (Wildman–Crippen LogP) is 1.66. The maximum absolute atomic E-state index is 5.61. The van der Waals surface area contributed by atoms with Crippen LogP contribution in [0.5, 0.6) is 5.75 Å². The van der Waals surface area contributed by atoms with E-state index in [0.29, 0.717) is 18.7 Å². The zero-order valence-electron chi connectivity index (χ0n) is 9.10. The highest BCUT2D eigenvalue weighted by molar-refractivity contribution is 5.43. The van der Waals surface area contributed by atoms with Gasteiger partial charge in [0.15, 0.2) is 6.29 Å². The van der Waals surface area contributed by atoms with Crippen LogP contribution in [0.3, 0.4) is 0 Å². The molecule has 0 aliphatic heterocycles. The molecule has 0 bridgehead atoms. The molecule has 4 heteroatoms. The molecule has 0 aliphatic rings. The third-order valence-corrected chi connectivity index (χ3v) is 2.01. The molecule has 2 N–H and O–H groups in total. The number of hydrogen-bond acceptors (Lipinski definition) is 4. The first-order valence-corrected chi connectivity index (χ1v) is 4.80. The van der Waals surface area contributed by atoms with Gasteiger partial charge in [-0.3, -0.25) is 0 Å². The number of nitrogens with two attached hydrogens (primary N) is 1.